The maximum atomic E-state index is 12.8. The summed E-state index contributed by atoms with van der Waals surface area (Å²) in [5.41, 5.74) is 2.66. The Hall–Kier alpha value is -2.70. The molecule has 6 nitrogen and oxygen atoms in total. The molecule has 1 atom stereocenters. The quantitative estimate of drug-likeness (QED) is 0.642. The number of rotatable bonds is 3. The fraction of sp³-hybridized carbons (Fsp3) is 0.250. The van der Waals surface area contributed by atoms with Crippen molar-refractivity contribution >= 4 is 34.5 Å². The monoisotopic (exact) mass is 382 g/mol. The van der Waals surface area contributed by atoms with Crippen molar-refractivity contribution in [3.8, 4) is 11.5 Å². The normalized spacial score (nSPS) is 19.3. The van der Waals surface area contributed by atoms with Crippen LogP contribution in [0.4, 0.5) is 0 Å². The highest BCUT2D eigenvalue weighted by Gasteiger charge is 2.37. The maximum Gasteiger partial charge on any atom is 0.261 e. The number of benzene rings is 2. The fourth-order valence-electron chi connectivity index (χ4n) is 3.61. The van der Waals surface area contributed by atoms with E-state index in [1.807, 2.05) is 0 Å². The molecule has 1 unspecified atom stereocenters. The number of aromatic nitrogens is 1. The molecular weight excluding hydrogens is 368 g/mol. The fourth-order valence-corrected chi connectivity index (χ4v) is 3.77. The molecule has 1 aromatic heterocycles. The zero-order valence-corrected chi connectivity index (χ0v) is 15.0. The van der Waals surface area contributed by atoms with Gasteiger partial charge in [0.25, 0.3) is 11.8 Å². The Kier molecular flexibility index (Phi) is 3.77. The Bertz CT molecular complexity index is 1080. The Morgan fingerprint density at radius 3 is 2.78 bits per heavy atom. The molecule has 27 heavy (non-hydrogen) atoms. The molecule has 0 radical (unpaired) electrons. The Morgan fingerprint density at radius 1 is 1.11 bits per heavy atom. The van der Waals surface area contributed by atoms with Crippen LogP contribution in [0, 0.1) is 0 Å². The molecule has 1 saturated heterocycles. The Labute approximate surface area is 159 Å². The molecule has 7 heteroatoms. The molecular formula is C20H15ClN2O4. The Morgan fingerprint density at radius 2 is 1.96 bits per heavy atom. The van der Waals surface area contributed by atoms with Crippen LogP contribution in [0.25, 0.3) is 22.6 Å². The summed E-state index contributed by atoms with van der Waals surface area (Å²) in [5, 5.41) is 0.571. The highest BCUT2D eigenvalue weighted by molar-refractivity contribution is 6.31. The standard InChI is InChI=1S/C20H15ClN2O4/c21-12-4-6-17-16(9-12)22-18(27-17)11-3-5-14-15(8-11)20(25)23(19(14)24)10-13-2-1-7-26-13/h3-6,8-9,13H,1-2,7,10H2. The zero-order chi connectivity index (χ0) is 18.5. The van der Waals surface area contributed by atoms with Crippen LogP contribution in [-0.2, 0) is 4.74 Å². The van der Waals surface area contributed by atoms with Crippen LogP contribution in [0.3, 0.4) is 0 Å². The van der Waals surface area contributed by atoms with Crippen molar-refractivity contribution in [1.29, 1.82) is 0 Å². The van der Waals surface area contributed by atoms with Crippen molar-refractivity contribution in [2.24, 2.45) is 0 Å². The summed E-state index contributed by atoms with van der Waals surface area (Å²) in [6, 6.07) is 10.3. The van der Waals surface area contributed by atoms with Crippen molar-refractivity contribution in [3.05, 3.63) is 52.5 Å². The molecule has 136 valence electrons. The Balaban J connectivity index is 1.49. The van der Waals surface area contributed by atoms with E-state index in [2.05, 4.69) is 4.98 Å². The molecule has 5 rings (SSSR count). The van der Waals surface area contributed by atoms with E-state index in [4.69, 9.17) is 20.8 Å². The van der Waals surface area contributed by atoms with Gasteiger partial charge in [0.1, 0.15) is 5.52 Å². The third-order valence-corrected chi connectivity index (χ3v) is 5.21. The van der Waals surface area contributed by atoms with E-state index in [9.17, 15) is 9.59 Å². The largest absolute Gasteiger partial charge is 0.436 e. The van der Waals surface area contributed by atoms with Crippen molar-refractivity contribution in [3.63, 3.8) is 0 Å². The van der Waals surface area contributed by atoms with Gasteiger partial charge in [-0.15, -0.1) is 0 Å². The van der Waals surface area contributed by atoms with Gasteiger partial charge in [-0.05, 0) is 49.2 Å². The molecule has 2 aliphatic heterocycles. The molecule has 2 aliphatic rings. The second-order valence-corrected chi connectivity index (χ2v) is 7.18. The molecule has 2 aromatic carbocycles. The van der Waals surface area contributed by atoms with E-state index < -0.39 is 0 Å². The van der Waals surface area contributed by atoms with Crippen LogP contribution in [0.2, 0.25) is 5.02 Å². The van der Waals surface area contributed by atoms with Gasteiger partial charge in [0, 0.05) is 17.2 Å². The van der Waals surface area contributed by atoms with Gasteiger partial charge in [-0.2, -0.15) is 0 Å². The summed E-state index contributed by atoms with van der Waals surface area (Å²) in [6.45, 7) is 0.975. The summed E-state index contributed by atoms with van der Waals surface area (Å²) in [6.07, 6.45) is 1.75. The van der Waals surface area contributed by atoms with Gasteiger partial charge >= 0.3 is 0 Å². The highest BCUT2D eigenvalue weighted by Crippen LogP contribution is 2.31. The lowest BCUT2D eigenvalue weighted by atomic mass is 10.1. The number of hydrogen-bond acceptors (Lipinski definition) is 5. The van der Waals surface area contributed by atoms with Gasteiger partial charge in [0.15, 0.2) is 5.58 Å². The van der Waals surface area contributed by atoms with Gasteiger partial charge in [0.2, 0.25) is 5.89 Å². The van der Waals surface area contributed by atoms with Gasteiger partial charge in [-0.3, -0.25) is 14.5 Å². The number of imide groups is 1. The van der Waals surface area contributed by atoms with Gasteiger partial charge in [-0.25, -0.2) is 4.98 Å². The van der Waals surface area contributed by atoms with Crippen LogP contribution in [0.5, 0.6) is 0 Å². The first-order valence-electron chi connectivity index (χ1n) is 8.78. The number of carbonyl (C=O) groups is 2. The first kappa shape index (κ1) is 16.5. The summed E-state index contributed by atoms with van der Waals surface area (Å²) >= 11 is 5.99. The van der Waals surface area contributed by atoms with Gasteiger partial charge < -0.3 is 9.15 Å². The summed E-state index contributed by atoms with van der Waals surface area (Å²) < 4.78 is 11.3. The molecule has 1 fully saturated rings. The van der Waals surface area contributed by atoms with E-state index in [0.717, 1.165) is 12.8 Å². The summed E-state index contributed by atoms with van der Waals surface area (Å²) in [5.74, 6) is -0.194. The van der Waals surface area contributed by atoms with E-state index in [1.165, 1.54) is 4.90 Å². The molecule has 2 amide bonds. The minimum absolute atomic E-state index is 0.0755. The number of oxazole rings is 1. The highest BCUT2D eigenvalue weighted by atomic mass is 35.5. The van der Waals surface area contributed by atoms with Crippen molar-refractivity contribution in [2.45, 2.75) is 18.9 Å². The predicted octanol–water partition coefficient (Wildman–Crippen LogP) is 3.92. The number of halogens is 1. The van der Waals surface area contributed by atoms with Gasteiger partial charge in [0.05, 0.1) is 23.8 Å². The van der Waals surface area contributed by atoms with Crippen molar-refractivity contribution in [2.75, 3.05) is 13.2 Å². The SMILES string of the molecule is O=C1c2ccc(-c3nc4cc(Cl)ccc4o3)cc2C(=O)N1CC1CCCO1. The second-order valence-electron chi connectivity index (χ2n) is 6.75. The predicted molar refractivity (Wildman–Crippen MR) is 98.8 cm³/mol. The van der Waals surface area contributed by atoms with Crippen LogP contribution in [0.1, 0.15) is 33.6 Å². The lowest BCUT2D eigenvalue weighted by Gasteiger charge is -2.17. The number of amides is 2. The molecule has 3 aromatic rings. The lowest BCUT2D eigenvalue weighted by Crippen LogP contribution is -2.36. The number of carbonyl (C=O) groups excluding carboxylic acids is 2. The average molecular weight is 383 g/mol. The topological polar surface area (TPSA) is 72.6 Å². The molecule has 0 N–H and O–H groups in total. The van der Waals surface area contributed by atoms with Gasteiger partial charge in [-0.1, -0.05) is 11.6 Å². The van der Waals surface area contributed by atoms with Crippen LogP contribution < -0.4 is 0 Å². The first-order chi connectivity index (χ1) is 13.1. The molecule has 0 bridgehead atoms. The van der Waals surface area contributed by atoms with Crippen LogP contribution in [-0.4, -0.2) is 41.0 Å². The van der Waals surface area contributed by atoms with E-state index in [-0.39, 0.29) is 17.9 Å². The van der Waals surface area contributed by atoms with E-state index in [1.54, 1.807) is 36.4 Å². The van der Waals surface area contributed by atoms with Crippen molar-refractivity contribution < 1.29 is 18.7 Å². The minimum atomic E-state index is -0.300. The number of fused-ring (bicyclic) bond motifs is 2. The lowest BCUT2D eigenvalue weighted by molar-refractivity contribution is 0.0475. The first-order valence-corrected chi connectivity index (χ1v) is 9.16. The third-order valence-electron chi connectivity index (χ3n) is 4.98. The van der Waals surface area contributed by atoms with Crippen molar-refractivity contribution in [1.82, 2.24) is 9.88 Å². The third kappa shape index (κ3) is 2.72. The second kappa shape index (κ2) is 6.18. The average Bonchev–Trinajstić information content (AvgIpc) is 3.37. The number of hydrogen-bond donors (Lipinski definition) is 0. The smallest absolute Gasteiger partial charge is 0.261 e. The minimum Gasteiger partial charge on any atom is -0.436 e. The molecule has 3 heterocycles. The number of nitrogens with zero attached hydrogens (tertiary/aromatic N) is 2. The molecule has 0 spiro atoms. The maximum absolute atomic E-state index is 12.8. The molecule has 0 aliphatic carbocycles. The summed E-state index contributed by atoms with van der Waals surface area (Å²) in [7, 11) is 0. The zero-order valence-electron chi connectivity index (χ0n) is 14.3. The number of ether oxygens (including phenoxy) is 1. The van der Waals surface area contributed by atoms with Crippen LogP contribution >= 0.6 is 11.6 Å². The van der Waals surface area contributed by atoms with E-state index in [0.29, 0.717) is 51.9 Å². The molecule has 0 saturated carbocycles. The van der Waals surface area contributed by atoms with E-state index >= 15 is 0 Å². The van der Waals surface area contributed by atoms with Crippen LogP contribution in [0.15, 0.2) is 40.8 Å². The summed E-state index contributed by atoms with van der Waals surface area (Å²) in [4.78, 5) is 31.1.